The van der Waals surface area contributed by atoms with Crippen molar-refractivity contribution in [2.75, 3.05) is 39.4 Å². The zero-order valence-corrected chi connectivity index (χ0v) is 15.6. The highest BCUT2D eigenvalue weighted by Crippen LogP contribution is 2.49. The molecule has 0 aromatic carbocycles. The van der Waals surface area contributed by atoms with E-state index in [-0.39, 0.29) is 5.91 Å². The number of carbonyl (C=O) groups is 1. The second kappa shape index (κ2) is 9.25. The molecule has 1 atom stereocenters. The topological polar surface area (TPSA) is 66.0 Å². The number of hydrogen-bond donors (Lipinski definition) is 2. The van der Waals surface area contributed by atoms with Crippen LogP contribution in [0.25, 0.3) is 0 Å². The van der Waals surface area contributed by atoms with Crippen molar-refractivity contribution in [3.63, 3.8) is 0 Å². The highest BCUT2D eigenvalue weighted by atomic mass is 16.5. The average molecular weight is 338 g/mol. The van der Waals surface area contributed by atoms with Crippen molar-refractivity contribution in [3.05, 3.63) is 0 Å². The molecule has 0 spiro atoms. The van der Waals surface area contributed by atoms with Crippen LogP contribution >= 0.6 is 0 Å². The van der Waals surface area contributed by atoms with Crippen molar-refractivity contribution in [1.82, 2.24) is 15.5 Å². The lowest BCUT2D eigenvalue weighted by Crippen LogP contribution is -2.45. The summed E-state index contributed by atoms with van der Waals surface area (Å²) in [6.07, 6.45) is 5.19. The van der Waals surface area contributed by atoms with Gasteiger partial charge < -0.3 is 20.3 Å². The molecule has 0 aromatic heterocycles. The second-order valence-electron chi connectivity index (χ2n) is 6.97. The molecule has 1 saturated carbocycles. The van der Waals surface area contributed by atoms with Crippen LogP contribution in [-0.2, 0) is 9.53 Å². The number of rotatable bonds is 9. The molecule has 2 aliphatic rings. The number of nitrogens with one attached hydrogen (secondary N) is 2. The lowest BCUT2D eigenvalue weighted by Gasteiger charge is -2.19. The highest BCUT2D eigenvalue weighted by molar-refractivity contribution is 5.80. The van der Waals surface area contributed by atoms with Crippen LogP contribution in [0.5, 0.6) is 0 Å². The molecule has 1 saturated heterocycles. The molecule has 0 radical (unpaired) electrons. The molecule has 24 heavy (non-hydrogen) atoms. The standard InChI is InChI=1S/C18H34N4O2/c1-4-16(23)22-11-7-15(13-22)21-17(19-5-2)20-14-18(8-9-18)10-12-24-6-3/h15H,4-14H2,1-3H3,(H2,19,20,21). The van der Waals surface area contributed by atoms with Gasteiger partial charge in [0.05, 0.1) is 0 Å². The smallest absolute Gasteiger partial charge is 0.222 e. The Morgan fingerprint density at radius 1 is 1.33 bits per heavy atom. The minimum Gasteiger partial charge on any atom is -0.382 e. The van der Waals surface area contributed by atoms with Crippen molar-refractivity contribution in [2.45, 2.75) is 58.9 Å². The Morgan fingerprint density at radius 2 is 2.12 bits per heavy atom. The summed E-state index contributed by atoms with van der Waals surface area (Å²) in [5, 5.41) is 6.85. The number of nitrogens with zero attached hydrogens (tertiary/aromatic N) is 2. The zero-order chi connectivity index (χ0) is 17.4. The molecule has 2 rings (SSSR count). The van der Waals surface area contributed by atoms with Crippen LogP contribution in [0.3, 0.4) is 0 Å². The van der Waals surface area contributed by atoms with Crippen molar-refractivity contribution < 1.29 is 9.53 Å². The molecule has 1 heterocycles. The van der Waals surface area contributed by atoms with E-state index in [1.807, 2.05) is 18.7 Å². The number of hydrogen-bond acceptors (Lipinski definition) is 3. The van der Waals surface area contributed by atoms with Crippen molar-refractivity contribution in [2.24, 2.45) is 10.4 Å². The van der Waals surface area contributed by atoms with Gasteiger partial charge in [0.15, 0.2) is 5.96 Å². The summed E-state index contributed by atoms with van der Waals surface area (Å²) in [6, 6.07) is 0.303. The number of amides is 1. The van der Waals surface area contributed by atoms with Crippen molar-refractivity contribution >= 4 is 11.9 Å². The van der Waals surface area contributed by atoms with E-state index in [1.165, 1.54) is 12.8 Å². The number of ether oxygens (including phenoxy) is 1. The van der Waals surface area contributed by atoms with Crippen molar-refractivity contribution in [1.29, 1.82) is 0 Å². The van der Waals surface area contributed by atoms with Crippen LogP contribution in [0.1, 0.15) is 52.9 Å². The molecular weight excluding hydrogens is 304 g/mol. The molecule has 0 aromatic rings. The predicted octanol–water partition coefficient (Wildman–Crippen LogP) is 1.76. The van der Waals surface area contributed by atoms with E-state index in [9.17, 15) is 4.79 Å². The van der Waals surface area contributed by atoms with Gasteiger partial charge in [-0.3, -0.25) is 9.79 Å². The third-order valence-electron chi connectivity index (χ3n) is 5.04. The quantitative estimate of drug-likeness (QED) is 0.382. The SMILES string of the molecule is CCNC(=NCC1(CCOCC)CC1)NC1CCN(C(=O)CC)C1. The van der Waals surface area contributed by atoms with Crippen LogP contribution < -0.4 is 10.6 Å². The fourth-order valence-corrected chi connectivity index (χ4v) is 3.19. The minimum atomic E-state index is 0.245. The maximum atomic E-state index is 11.8. The summed E-state index contributed by atoms with van der Waals surface area (Å²) < 4.78 is 5.50. The average Bonchev–Trinajstić information content (AvgIpc) is 3.20. The Morgan fingerprint density at radius 3 is 2.75 bits per heavy atom. The minimum absolute atomic E-state index is 0.245. The van der Waals surface area contributed by atoms with Gasteiger partial charge in [-0.25, -0.2) is 0 Å². The molecule has 2 fully saturated rings. The molecule has 1 unspecified atom stereocenters. The molecule has 1 amide bonds. The monoisotopic (exact) mass is 338 g/mol. The lowest BCUT2D eigenvalue weighted by atomic mass is 10.0. The molecule has 138 valence electrons. The van der Waals surface area contributed by atoms with Gasteiger partial charge in [0.2, 0.25) is 5.91 Å². The lowest BCUT2D eigenvalue weighted by molar-refractivity contribution is -0.129. The molecule has 1 aliphatic carbocycles. The largest absolute Gasteiger partial charge is 0.382 e. The summed E-state index contributed by atoms with van der Waals surface area (Å²) in [7, 11) is 0. The first-order valence-electron chi connectivity index (χ1n) is 9.53. The predicted molar refractivity (Wildman–Crippen MR) is 97.2 cm³/mol. The maximum absolute atomic E-state index is 11.8. The van der Waals surface area contributed by atoms with E-state index in [2.05, 4.69) is 17.6 Å². The molecule has 1 aliphatic heterocycles. The van der Waals surface area contributed by atoms with Gasteiger partial charge in [-0.15, -0.1) is 0 Å². The van der Waals surface area contributed by atoms with Crippen LogP contribution in [0.15, 0.2) is 4.99 Å². The van der Waals surface area contributed by atoms with Gasteiger partial charge >= 0.3 is 0 Å². The number of guanidine groups is 1. The Labute approximate surface area is 146 Å². The third-order valence-corrected chi connectivity index (χ3v) is 5.04. The van der Waals surface area contributed by atoms with E-state index in [0.717, 1.165) is 58.2 Å². The normalized spacial score (nSPS) is 22.5. The molecule has 6 nitrogen and oxygen atoms in total. The molecule has 6 heteroatoms. The molecule has 2 N–H and O–H groups in total. The Balaban J connectivity index is 1.82. The van der Waals surface area contributed by atoms with E-state index in [1.54, 1.807) is 0 Å². The summed E-state index contributed by atoms with van der Waals surface area (Å²) in [4.78, 5) is 18.6. The van der Waals surface area contributed by atoms with Crippen LogP contribution in [0, 0.1) is 5.41 Å². The Kier molecular flexibility index (Phi) is 7.34. The van der Waals surface area contributed by atoms with Crippen LogP contribution in [0.4, 0.5) is 0 Å². The number of likely N-dealkylation sites (tertiary alicyclic amines) is 1. The summed E-state index contributed by atoms with van der Waals surface area (Å²) in [5.41, 5.74) is 0.359. The van der Waals surface area contributed by atoms with Gasteiger partial charge in [-0.1, -0.05) is 6.92 Å². The summed E-state index contributed by atoms with van der Waals surface area (Å²) in [6.45, 7) is 11.0. The van der Waals surface area contributed by atoms with E-state index in [4.69, 9.17) is 9.73 Å². The van der Waals surface area contributed by atoms with Gasteiger partial charge in [-0.2, -0.15) is 0 Å². The fraction of sp³-hybridized carbons (Fsp3) is 0.889. The van der Waals surface area contributed by atoms with E-state index < -0.39 is 0 Å². The first kappa shape index (κ1) is 19.0. The first-order valence-corrected chi connectivity index (χ1v) is 9.53. The number of aliphatic imine (C=N–C) groups is 1. The molecular formula is C18H34N4O2. The van der Waals surface area contributed by atoms with E-state index >= 15 is 0 Å². The van der Waals surface area contributed by atoms with Crippen molar-refractivity contribution in [3.8, 4) is 0 Å². The zero-order valence-electron chi connectivity index (χ0n) is 15.6. The van der Waals surface area contributed by atoms with Crippen LogP contribution in [-0.4, -0.2) is 62.2 Å². The summed E-state index contributed by atoms with van der Waals surface area (Å²) >= 11 is 0. The van der Waals surface area contributed by atoms with Gasteiger partial charge in [0.1, 0.15) is 0 Å². The molecule has 0 bridgehead atoms. The van der Waals surface area contributed by atoms with Crippen LogP contribution in [0.2, 0.25) is 0 Å². The highest BCUT2D eigenvalue weighted by Gasteiger charge is 2.42. The summed E-state index contributed by atoms with van der Waals surface area (Å²) in [5.74, 6) is 1.13. The number of carbonyl (C=O) groups excluding carboxylic acids is 1. The Hall–Kier alpha value is -1.30. The Bertz CT molecular complexity index is 435. The maximum Gasteiger partial charge on any atom is 0.222 e. The first-order chi connectivity index (χ1) is 11.6. The fourth-order valence-electron chi connectivity index (χ4n) is 3.19. The van der Waals surface area contributed by atoms with Gasteiger partial charge in [0.25, 0.3) is 0 Å². The van der Waals surface area contributed by atoms with Gasteiger partial charge in [-0.05, 0) is 44.9 Å². The van der Waals surface area contributed by atoms with E-state index in [0.29, 0.717) is 17.9 Å². The second-order valence-corrected chi connectivity index (χ2v) is 6.97. The third kappa shape index (κ3) is 5.65. The van der Waals surface area contributed by atoms with Gasteiger partial charge in [0, 0.05) is 51.9 Å².